The Morgan fingerprint density at radius 1 is 1.11 bits per heavy atom. The summed E-state index contributed by atoms with van der Waals surface area (Å²) >= 11 is 7.76. The van der Waals surface area contributed by atoms with Gasteiger partial charge in [0.2, 0.25) is 0 Å². The lowest BCUT2D eigenvalue weighted by Crippen LogP contribution is -2.40. The van der Waals surface area contributed by atoms with E-state index in [1.165, 1.54) is 16.0 Å². The average molecular weight is 397 g/mol. The van der Waals surface area contributed by atoms with Gasteiger partial charge < -0.3 is 5.32 Å². The molecule has 0 spiro atoms. The number of thiophene rings is 1. The van der Waals surface area contributed by atoms with Gasteiger partial charge in [-0.2, -0.15) is 0 Å². The molecule has 138 valence electrons. The molecule has 1 amide bonds. The van der Waals surface area contributed by atoms with E-state index in [0.29, 0.717) is 17.1 Å². The van der Waals surface area contributed by atoms with Gasteiger partial charge in [-0.3, -0.25) is 9.69 Å². The van der Waals surface area contributed by atoms with E-state index >= 15 is 0 Å². The van der Waals surface area contributed by atoms with E-state index in [-0.39, 0.29) is 11.9 Å². The number of hydrogen-bond donors (Lipinski definition) is 1. The number of benzene rings is 2. The Labute approximate surface area is 168 Å². The molecule has 2 aromatic carbocycles. The normalized spacial score (nSPS) is 15.1. The van der Waals surface area contributed by atoms with Crippen LogP contribution in [0.25, 0.3) is 0 Å². The predicted molar refractivity (Wildman–Crippen MR) is 111 cm³/mol. The first-order valence-corrected chi connectivity index (χ1v) is 10.3. The maximum absolute atomic E-state index is 12.6. The van der Waals surface area contributed by atoms with E-state index < -0.39 is 0 Å². The highest BCUT2D eigenvalue weighted by Crippen LogP contribution is 2.30. The van der Waals surface area contributed by atoms with Gasteiger partial charge in [-0.25, -0.2) is 0 Å². The van der Waals surface area contributed by atoms with Gasteiger partial charge in [-0.1, -0.05) is 48.0 Å². The van der Waals surface area contributed by atoms with Crippen LogP contribution in [0.4, 0.5) is 0 Å². The molecule has 0 saturated carbocycles. The summed E-state index contributed by atoms with van der Waals surface area (Å²) in [5, 5.41) is 5.77. The van der Waals surface area contributed by atoms with Gasteiger partial charge in [0.25, 0.3) is 5.91 Å². The van der Waals surface area contributed by atoms with Gasteiger partial charge in [-0.05, 0) is 47.2 Å². The number of carbonyl (C=O) groups is 1. The summed E-state index contributed by atoms with van der Waals surface area (Å²) in [5.41, 5.74) is 3.41. The lowest BCUT2D eigenvalue weighted by atomic mass is 9.98. The molecule has 27 heavy (non-hydrogen) atoms. The van der Waals surface area contributed by atoms with Gasteiger partial charge in [0, 0.05) is 35.1 Å². The standard InChI is InChI=1S/C22H21ClN2OS/c23-19-8-3-7-17(13-19)22(26)24-14-20(21-9-4-12-27-21)25-11-10-16-5-1-2-6-18(16)15-25/h1-9,12-13,20H,10-11,14-15H2,(H,24,26)/t20-/m0/s1. The highest BCUT2D eigenvalue weighted by molar-refractivity contribution is 7.10. The molecule has 4 rings (SSSR count). The fourth-order valence-electron chi connectivity index (χ4n) is 3.60. The molecule has 5 heteroatoms. The number of rotatable bonds is 5. The Morgan fingerprint density at radius 2 is 1.96 bits per heavy atom. The van der Waals surface area contributed by atoms with Crippen LogP contribution < -0.4 is 5.32 Å². The Kier molecular flexibility index (Phi) is 5.58. The molecule has 0 radical (unpaired) electrons. The predicted octanol–water partition coefficient (Wildman–Crippen LogP) is 4.93. The maximum atomic E-state index is 12.6. The second kappa shape index (κ2) is 8.26. The van der Waals surface area contributed by atoms with Crippen molar-refractivity contribution in [1.82, 2.24) is 10.2 Å². The van der Waals surface area contributed by atoms with Crippen LogP contribution in [0, 0.1) is 0 Å². The van der Waals surface area contributed by atoms with Crippen LogP contribution >= 0.6 is 22.9 Å². The number of carbonyl (C=O) groups excluding carboxylic acids is 1. The summed E-state index contributed by atoms with van der Waals surface area (Å²) in [7, 11) is 0. The van der Waals surface area contributed by atoms with Crippen molar-refractivity contribution >= 4 is 28.8 Å². The highest BCUT2D eigenvalue weighted by atomic mass is 35.5. The minimum absolute atomic E-state index is 0.0866. The molecule has 0 fully saturated rings. The van der Waals surface area contributed by atoms with Gasteiger partial charge in [-0.15, -0.1) is 11.3 Å². The largest absolute Gasteiger partial charge is 0.350 e. The third-order valence-electron chi connectivity index (χ3n) is 5.02. The number of fused-ring (bicyclic) bond motifs is 1. The van der Waals surface area contributed by atoms with Crippen LogP contribution in [0.15, 0.2) is 66.0 Å². The highest BCUT2D eigenvalue weighted by Gasteiger charge is 2.26. The summed E-state index contributed by atoms with van der Waals surface area (Å²) < 4.78 is 0. The zero-order valence-corrected chi connectivity index (χ0v) is 16.5. The van der Waals surface area contributed by atoms with Crippen LogP contribution in [0.5, 0.6) is 0 Å². The summed E-state index contributed by atoms with van der Waals surface area (Å²) in [4.78, 5) is 16.3. The number of hydrogen-bond acceptors (Lipinski definition) is 3. The molecule has 1 aliphatic heterocycles. The van der Waals surface area contributed by atoms with Crippen molar-refractivity contribution in [1.29, 1.82) is 0 Å². The van der Waals surface area contributed by atoms with E-state index in [2.05, 4.69) is 52.0 Å². The maximum Gasteiger partial charge on any atom is 0.251 e. The summed E-state index contributed by atoms with van der Waals surface area (Å²) in [6, 6.07) is 20.1. The Morgan fingerprint density at radius 3 is 2.74 bits per heavy atom. The van der Waals surface area contributed by atoms with E-state index in [9.17, 15) is 4.79 Å². The lowest BCUT2D eigenvalue weighted by molar-refractivity contribution is 0.0929. The number of amides is 1. The summed E-state index contributed by atoms with van der Waals surface area (Å²) in [6.07, 6.45) is 1.04. The summed E-state index contributed by atoms with van der Waals surface area (Å²) in [6.45, 7) is 2.48. The third-order valence-corrected chi connectivity index (χ3v) is 6.22. The number of nitrogens with zero attached hydrogens (tertiary/aromatic N) is 1. The van der Waals surface area contributed by atoms with Crippen molar-refractivity contribution in [2.45, 2.75) is 19.0 Å². The van der Waals surface area contributed by atoms with Crippen LogP contribution in [0.3, 0.4) is 0 Å². The van der Waals surface area contributed by atoms with E-state index in [4.69, 9.17) is 11.6 Å². The second-order valence-electron chi connectivity index (χ2n) is 6.74. The molecule has 3 aromatic rings. The molecular formula is C22H21ClN2OS. The quantitative estimate of drug-likeness (QED) is 0.663. The monoisotopic (exact) mass is 396 g/mol. The zero-order valence-electron chi connectivity index (χ0n) is 14.9. The van der Waals surface area contributed by atoms with Crippen molar-refractivity contribution in [2.75, 3.05) is 13.1 Å². The van der Waals surface area contributed by atoms with Crippen LogP contribution in [-0.4, -0.2) is 23.9 Å². The van der Waals surface area contributed by atoms with Crippen LogP contribution in [-0.2, 0) is 13.0 Å². The molecule has 2 heterocycles. The van der Waals surface area contributed by atoms with Crippen molar-refractivity contribution in [3.63, 3.8) is 0 Å². The minimum atomic E-state index is -0.0866. The fourth-order valence-corrected chi connectivity index (χ4v) is 4.65. The molecule has 3 nitrogen and oxygen atoms in total. The summed E-state index contributed by atoms with van der Waals surface area (Å²) in [5.74, 6) is -0.0866. The molecule has 0 bridgehead atoms. The molecule has 0 saturated heterocycles. The molecule has 1 N–H and O–H groups in total. The van der Waals surface area contributed by atoms with Gasteiger partial charge in [0.15, 0.2) is 0 Å². The Balaban J connectivity index is 1.50. The van der Waals surface area contributed by atoms with Crippen molar-refractivity contribution < 1.29 is 4.79 Å². The van der Waals surface area contributed by atoms with E-state index in [1.807, 2.05) is 0 Å². The first-order valence-electron chi connectivity index (χ1n) is 9.09. The number of nitrogens with one attached hydrogen (secondary N) is 1. The molecule has 1 aromatic heterocycles. The smallest absolute Gasteiger partial charge is 0.251 e. The first kappa shape index (κ1) is 18.2. The zero-order chi connectivity index (χ0) is 18.6. The van der Waals surface area contributed by atoms with Crippen LogP contribution in [0.1, 0.15) is 32.4 Å². The lowest BCUT2D eigenvalue weighted by Gasteiger charge is -2.35. The van der Waals surface area contributed by atoms with E-state index in [0.717, 1.165) is 19.5 Å². The molecule has 0 unspecified atom stereocenters. The number of halogens is 1. The second-order valence-corrected chi connectivity index (χ2v) is 8.16. The molecule has 1 aliphatic rings. The third kappa shape index (κ3) is 4.24. The SMILES string of the molecule is O=C(NC[C@@H](c1cccs1)N1CCc2ccccc2C1)c1cccc(Cl)c1. The average Bonchev–Trinajstić information content (AvgIpc) is 3.22. The van der Waals surface area contributed by atoms with Crippen molar-refractivity contribution in [2.24, 2.45) is 0 Å². The topological polar surface area (TPSA) is 32.3 Å². The van der Waals surface area contributed by atoms with Gasteiger partial charge in [0.1, 0.15) is 0 Å². The van der Waals surface area contributed by atoms with Crippen molar-refractivity contribution in [3.05, 3.63) is 92.6 Å². The Bertz CT molecular complexity index is 926. The molecule has 0 aliphatic carbocycles. The fraction of sp³-hybridized carbons (Fsp3) is 0.227. The van der Waals surface area contributed by atoms with Crippen molar-refractivity contribution in [3.8, 4) is 0 Å². The minimum Gasteiger partial charge on any atom is -0.350 e. The van der Waals surface area contributed by atoms with Gasteiger partial charge >= 0.3 is 0 Å². The van der Waals surface area contributed by atoms with E-state index in [1.54, 1.807) is 35.6 Å². The molecule has 1 atom stereocenters. The Hall–Kier alpha value is -2.14. The van der Waals surface area contributed by atoms with Crippen LogP contribution in [0.2, 0.25) is 5.02 Å². The van der Waals surface area contributed by atoms with Gasteiger partial charge in [0.05, 0.1) is 6.04 Å². The first-order chi connectivity index (χ1) is 13.2. The molecular weight excluding hydrogens is 376 g/mol.